The van der Waals surface area contributed by atoms with Gasteiger partial charge in [0.2, 0.25) is 10.0 Å². The second kappa shape index (κ2) is 9.86. The zero-order valence-electron chi connectivity index (χ0n) is 20.1. The number of hydrogen-bond acceptors (Lipinski definition) is 5. The first-order valence-electron chi connectivity index (χ1n) is 12.0. The van der Waals surface area contributed by atoms with Crippen molar-refractivity contribution in [1.82, 2.24) is 5.32 Å². The first kappa shape index (κ1) is 24.4. The van der Waals surface area contributed by atoms with Crippen LogP contribution in [0.1, 0.15) is 63.5 Å². The van der Waals surface area contributed by atoms with Crippen molar-refractivity contribution in [2.45, 2.75) is 69.6 Å². The highest BCUT2D eigenvalue weighted by molar-refractivity contribution is 7.92. The topological polar surface area (TPSA) is 84.9 Å². The molecule has 1 spiro atoms. The third-order valence-corrected chi connectivity index (χ3v) is 8.12. The van der Waals surface area contributed by atoms with E-state index < -0.39 is 16.1 Å². The Labute approximate surface area is 202 Å². The quantitative estimate of drug-likeness (QED) is 0.619. The van der Waals surface area contributed by atoms with Crippen LogP contribution in [0.5, 0.6) is 11.5 Å². The van der Waals surface area contributed by atoms with Gasteiger partial charge < -0.3 is 14.8 Å². The highest BCUT2D eigenvalue weighted by Gasteiger charge is 2.42. The predicted octanol–water partition coefficient (Wildman–Crippen LogP) is 4.58. The van der Waals surface area contributed by atoms with Crippen molar-refractivity contribution in [2.24, 2.45) is 0 Å². The standard InChI is InChI=1S/C26H34N2O5S/c1-4-23(32-20-14-12-19(13-15-20)28(2)34(3,30)31)25(29)27-22-18-26(16-8-5-9-17-26)33-24-11-7-6-10-21(22)24/h6-7,10-15,22-23H,4-5,8-9,16-18H2,1-3H3,(H,27,29)/t22-,23-/m0/s1. The van der Waals surface area contributed by atoms with Crippen molar-refractivity contribution in [3.63, 3.8) is 0 Å². The molecule has 1 amide bonds. The number of carbonyl (C=O) groups is 1. The Morgan fingerprint density at radius 2 is 1.82 bits per heavy atom. The SMILES string of the molecule is CC[C@H](Oc1ccc(N(C)S(C)(=O)=O)cc1)C(=O)N[C@H]1CC2(CCCCC2)Oc2ccccc21. The van der Waals surface area contributed by atoms with Gasteiger partial charge >= 0.3 is 0 Å². The summed E-state index contributed by atoms with van der Waals surface area (Å²) in [4.78, 5) is 13.3. The molecule has 0 saturated heterocycles. The fraction of sp³-hybridized carbons (Fsp3) is 0.500. The van der Waals surface area contributed by atoms with Crippen LogP contribution < -0.4 is 19.1 Å². The van der Waals surface area contributed by atoms with Crippen LogP contribution >= 0.6 is 0 Å². The molecule has 1 fully saturated rings. The van der Waals surface area contributed by atoms with Gasteiger partial charge in [-0.15, -0.1) is 0 Å². The fourth-order valence-corrected chi connectivity index (χ4v) is 5.43. The van der Waals surface area contributed by atoms with Gasteiger partial charge in [-0.1, -0.05) is 31.5 Å². The number of rotatable bonds is 7. The van der Waals surface area contributed by atoms with Gasteiger partial charge in [0.15, 0.2) is 6.10 Å². The lowest BCUT2D eigenvalue weighted by Gasteiger charge is -2.44. The van der Waals surface area contributed by atoms with Crippen LogP contribution in [0.2, 0.25) is 0 Å². The normalized spacial score (nSPS) is 20.0. The number of nitrogens with one attached hydrogen (secondary N) is 1. The Hall–Kier alpha value is -2.74. The lowest BCUT2D eigenvalue weighted by atomic mass is 9.77. The van der Waals surface area contributed by atoms with Crippen LogP contribution in [-0.2, 0) is 14.8 Å². The zero-order chi connectivity index (χ0) is 24.3. The highest BCUT2D eigenvalue weighted by Crippen LogP contribution is 2.46. The van der Waals surface area contributed by atoms with E-state index in [2.05, 4.69) is 5.32 Å². The molecule has 2 atom stereocenters. The van der Waals surface area contributed by atoms with Crippen LogP contribution in [0.25, 0.3) is 0 Å². The van der Waals surface area contributed by atoms with E-state index in [4.69, 9.17) is 9.47 Å². The largest absolute Gasteiger partial charge is 0.487 e. The van der Waals surface area contributed by atoms with Gasteiger partial charge in [-0.25, -0.2) is 8.42 Å². The minimum atomic E-state index is -3.34. The van der Waals surface area contributed by atoms with E-state index in [1.165, 1.54) is 17.8 Å². The zero-order valence-corrected chi connectivity index (χ0v) is 20.9. The molecule has 2 aliphatic rings. The van der Waals surface area contributed by atoms with Gasteiger partial charge in [0.05, 0.1) is 18.0 Å². The monoisotopic (exact) mass is 486 g/mol. The molecule has 34 heavy (non-hydrogen) atoms. The maximum absolute atomic E-state index is 13.3. The van der Waals surface area contributed by atoms with Crippen LogP contribution in [-0.4, -0.2) is 39.3 Å². The predicted molar refractivity (Wildman–Crippen MR) is 133 cm³/mol. The molecule has 1 aliphatic carbocycles. The molecule has 7 nitrogen and oxygen atoms in total. The minimum absolute atomic E-state index is 0.126. The molecule has 2 aromatic rings. The maximum atomic E-state index is 13.3. The van der Waals surface area contributed by atoms with E-state index in [0.29, 0.717) is 17.9 Å². The van der Waals surface area contributed by atoms with Crippen LogP contribution in [0, 0.1) is 0 Å². The third kappa shape index (κ3) is 5.32. The number of benzene rings is 2. The Bertz CT molecular complexity index is 1110. The number of fused-ring (bicyclic) bond motifs is 1. The number of para-hydroxylation sites is 1. The van der Waals surface area contributed by atoms with E-state index in [1.807, 2.05) is 31.2 Å². The van der Waals surface area contributed by atoms with Gasteiger partial charge in [-0.05, 0) is 62.4 Å². The number of nitrogens with zero attached hydrogens (tertiary/aromatic N) is 1. The summed E-state index contributed by atoms with van der Waals surface area (Å²) < 4.78 is 37.2. The van der Waals surface area contributed by atoms with Crippen molar-refractivity contribution in [3.05, 3.63) is 54.1 Å². The molecule has 4 rings (SSSR count). The summed E-state index contributed by atoms with van der Waals surface area (Å²) >= 11 is 0. The molecular weight excluding hydrogens is 452 g/mol. The summed E-state index contributed by atoms with van der Waals surface area (Å²) in [6.07, 6.45) is 7.31. The smallest absolute Gasteiger partial charge is 0.261 e. The average Bonchev–Trinajstić information content (AvgIpc) is 2.82. The van der Waals surface area contributed by atoms with Crippen LogP contribution in [0.4, 0.5) is 5.69 Å². The van der Waals surface area contributed by atoms with Crippen molar-refractivity contribution in [1.29, 1.82) is 0 Å². The number of anilines is 1. The molecule has 0 bridgehead atoms. The van der Waals surface area contributed by atoms with E-state index >= 15 is 0 Å². The molecule has 1 aliphatic heterocycles. The van der Waals surface area contributed by atoms with Crippen molar-refractivity contribution in [3.8, 4) is 11.5 Å². The van der Waals surface area contributed by atoms with E-state index in [-0.39, 0.29) is 17.6 Å². The summed E-state index contributed by atoms with van der Waals surface area (Å²) in [5, 5.41) is 3.24. The minimum Gasteiger partial charge on any atom is -0.487 e. The molecule has 0 unspecified atom stereocenters. The maximum Gasteiger partial charge on any atom is 0.261 e. The summed E-state index contributed by atoms with van der Waals surface area (Å²) in [6.45, 7) is 1.91. The molecule has 184 valence electrons. The average molecular weight is 487 g/mol. The molecule has 0 aromatic heterocycles. The second-order valence-electron chi connectivity index (χ2n) is 9.39. The summed E-state index contributed by atoms with van der Waals surface area (Å²) in [6, 6.07) is 14.6. The Morgan fingerprint density at radius 3 is 2.47 bits per heavy atom. The van der Waals surface area contributed by atoms with Gasteiger partial charge in [0.25, 0.3) is 5.91 Å². The van der Waals surface area contributed by atoms with Crippen molar-refractivity contribution in [2.75, 3.05) is 17.6 Å². The number of ether oxygens (including phenoxy) is 2. The molecule has 1 saturated carbocycles. The molecule has 1 N–H and O–H groups in total. The third-order valence-electron chi connectivity index (χ3n) is 6.92. The van der Waals surface area contributed by atoms with Crippen molar-refractivity contribution < 1.29 is 22.7 Å². The number of sulfonamides is 1. The Kier molecular flexibility index (Phi) is 7.07. The Balaban J connectivity index is 1.47. The number of hydrogen-bond donors (Lipinski definition) is 1. The van der Waals surface area contributed by atoms with Crippen molar-refractivity contribution >= 4 is 21.6 Å². The van der Waals surface area contributed by atoms with E-state index in [1.54, 1.807) is 24.3 Å². The van der Waals surface area contributed by atoms with Gasteiger partial charge in [-0.2, -0.15) is 0 Å². The summed E-state index contributed by atoms with van der Waals surface area (Å²) in [5.74, 6) is 1.22. The lowest BCUT2D eigenvalue weighted by Crippen LogP contribution is -2.48. The van der Waals surface area contributed by atoms with Gasteiger partial charge in [0, 0.05) is 19.0 Å². The molecule has 2 aromatic carbocycles. The number of amides is 1. The fourth-order valence-electron chi connectivity index (χ4n) is 4.93. The molecule has 0 radical (unpaired) electrons. The van der Waals surface area contributed by atoms with E-state index in [9.17, 15) is 13.2 Å². The van der Waals surface area contributed by atoms with Gasteiger partial charge in [-0.3, -0.25) is 9.10 Å². The molecule has 8 heteroatoms. The summed E-state index contributed by atoms with van der Waals surface area (Å²) in [5.41, 5.74) is 1.33. The lowest BCUT2D eigenvalue weighted by molar-refractivity contribution is -0.129. The first-order chi connectivity index (χ1) is 16.2. The van der Waals surface area contributed by atoms with E-state index in [0.717, 1.165) is 49.7 Å². The van der Waals surface area contributed by atoms with Crippen LogP contribution in [0.15, 0.2) is 48.5 Å². The molecule has 1 heterocycles. The highest BCUT2D eigenvalue weighted by atomic mass is 32.2. The Morgan fingerprint density at radius 1 is 1.15 bits per heavy atom. The summed E-state index contributed by atoms with van der Waals surface area (Å²) in [7, 11) is -1.85. The van der Waals surface area contributed by atoms with Crippen LogP contribution in [0.3, 0.4) is 0 Å². The molecular formula is C26H34N2O5S. The van der Waals surface area contributed by atoms with Gasteiger partial charge in [0.1, 0.15) is 17.1 Å². The first-order valence-corrected chi connectivity index (χ1v) is 13.8. The second-order valence-corrected chi connectivity index (χ2v) is 11.4. The number of carbonyl (C=O) groups excluding carboxylic acids is 1.